The zero-order valence-corrected chi connectivity index (χ0v) is 27.1. The molecule has 0 spiro atoms. The maximum atomic E-state index is 15.0. The maximum absolute atomic E-state index is 15.0. The van der Waals surface area contributed by atoms with Crippen molar-refractivity contribution in [3.8, 4) is 0 Å². The maximum Gasteiger partial charge on any atom is 0.245 e. The first-order chi connectivity index (χ1) is 21.9. The van der Waals surface area contributed by atoms with Gasteiger partial charge >= 0.3 is 0 Å². The van der Waals surface area contributed by atoms with E-state index in [-0.39, 0.29) is 36.1 Å². The molecular formula is C36H45ClFN5O2. The Morgan fingerprint density at radius 2 is 1.67 bits per heavy atom. The third-order valence-electron chi connectivity index (χ3n) is 9.25. The molecule has 2 heterocycles. The van der Waals surface area contributed by atoms with Gasteiger partial charge in [0, 0.05) is 62.2 Å². The summed E-state index contributed by atoms with van der Waals surface area (Å²) in [5.41, 5.74) is 4.02. The van der Waals surface area contributed by atoms with Gasteiger partial charge in [-0.25, -0.2) is 4.39 Å². The molecule has 45 heavy (non-hydrogen) atoms. The van der Waals surface area contributed by atoms with Gasteiger partial charge in [0.1, 0.15) is 11.9 Å². The summed E-state index contributed by atoms with van der Waals surface area (Å²) in [5, 5.41) is 7.19. The molecule has 0 bridgehead atoms. The van der Waals surface area contributed by atoms with E-state index < -0.39 is 6.04 Å². The van der Waals surface area contributed by atoms with Crippen molar-refractivity contribution in [2.45, 2.75) is 51.2 Å². The van der Waals surface area contributed by atoms with E-state index in [1.54, 1.807) is 18.2 Å². The molecule has 1 fully saturated rings. The molecule has 0 aromatic heterocycles. The summed E-state index contributed by atoms with van der Waals surface area (Å²) < 4.78 is 15.0. The first-order valence-corrected chi connectivity index (χ1v) is 16.6. The zero-order valence-electron chi connectivity index (χ0n) is 26.4. The molecule has 3 aromatic rings. The Bertz CT molecular complexity index is 1420. The predicted octanol–water partition coefficient (Wildman–Crippen LogP) is 5.01. The number of nitrogens with zero attached hydrogens (tertiary/aromatic N) is 3. The molecule has 2 N–H and O–H groups in total. The normalized spacial score (nSPS) is 18.3. The highest BCUT2D eigenvalue weighted by molar-refractivity contribution is 6.30. The fourth-order valence-corrected chi connectivity index (χ4v) is 6.75. The van der Waals surface area contributed by atoms with Gasteiger partial charge in [-0.05, 0) is 60.9 Å². The Morgan fingerprint density at radius 3 is 2.38 bits per heavy atom. The molecule has 1 saturated heterocycles. The van der Waals surface area contributed by atoms with Crippen molar-refractivity contribution in [2.24, 2.45) is 0 Å². The minimum Gasteiger partial charge on any atom is -0.344 e. The quantitative estimate of drug-likeness (QED) is 0.294. The molecule has 240 valence electrons. The minimum atomic E-state index is -0.706. The lowest BCUT2D eigenvalue weighted by Gasteiger charge is -2.42. The number of piperazine rings is 1. The van der Waals surface area contributed by atoms with Crippen LogP contribution in [0.3, 0.4) is 0 Å². The van der Waals surface area contributed by atoms with Crippen LogP contribution in [0.15, 0.2) is 72.8 Å². The van der Waals surface area contributed by atoms with Gasteiger partial charge in [0.05, 0.1) is 6.04 Å². The molecule has 0 aliphatic carbocycles. The summed E-state index contributed by atoms with van der Waals surface area (Å²) in [5.74, 6) is -0.455. The van der Waals surface area contributed by atoms with Crippen molar-refractivity contribution in [2.75, 3.05) is 52.4 Å². The van der Waals surface area contributed by atoms with E-state index in [1.165, 1.54) is 11.6 Å². The van der Waals surface area contributed by atoms with Crippen LogP contribution in [0.2, 0.25) is 5.02 Å². The summed E-state index contributed by atoms with van der Waals surface area (Å²) in [6.07, 6.45) is 1.56. The van der Waals surface area contributed by atoms with Gasteiger partial charge in [0.15, 0.2) is 0 Å². The second-order valence-electron chi connectivity index (χ2n) is 12.0. The molecule has 3 atom stereocenters. The third kappa shape index (κ3) is 8.50. The standard InChI is InChI=1S/C36H45ClFN5O2/c1-3-41(4-2)25-34(30-11-7-8-12-31(30)38)42-19-21-43(22-20-42)36(45)33(23-26-13-15-28(37)16-14-26)40-35(44)24-32-29-10-6-5-9-27(29)17-18-39-32/h5-16,32-34,39H,3-4,17-25H2,1-2H3,(H,40,44). The predicted molar refractivity (Wildman–Crippen MR) is 178 cm³/mol. The van der Waals surface area contributed by atoms with E-state index in [0.29, 0.717) is 43.2 Å². The lowest BCUT2D eigenvalue weighted by molar-refractivity contribution is -0.138. The number of halogens is 2. The second kappa shape index (κ2) is 15.8. The summed E-state index contributed by atoms with van der Waals surface area (Å²) in [7, 11) is 0. The molecule has 0 radical (unpaired) electrons. The number of rotatable bonds is 12. The van der Waals surface area contributed by atoms with Crippen LogP contribution >= 0.6 is 11.6 Å². The average molecular weight is 634 g/mol. The van der Waals surface area contributed by atoms with Gasteiger partial charge in [-0.3, -0.25) is 14.5 Å². The number of hydrogen-bond donors (Lipinski definition) is 2. The summed E-state index contributed by atoms with van der Waals surface area (Å²) in [6.45, 7) is 9.80. The second-order valence-corrected chi connectivity index (χ2v) is 12.4. The van der Waals surface area contributed by atoms with E-state index in [2.05, 4.69) is 46.4 Å². The number of benzene rings is 3. The minimum absolute atomic E-state index is 0.0918. The number of fused-ring (bicyclic) bond motifs is 1. The molecule has 2 amide bonds. The largest absolute Gasteiger partial charge is 0.344 e. The van der Waals surface area contributed by atoms with E-state index >= 15 is 4.39 Å². The van der Waals surface area contributed by atoms with Crippen LogP contribution < -0.4 is 10.6 Å². The van der Waals surface area contributed by atoms with Crippen molar-refractivity contribution in [1.29, 1.82) is 0 Å². The smallest absolute Gasteiger partial charge is 0.245 e. The Kier molecular flexibility index (Phi) is 11.6. The van der Waals surface area contributed by atoms with Crippen molar-refractivity contribution < 1.29 is 14.0 Å². The molecule has 0 saturated carbocycles. The van der Waals surface area contributed by atoms with Crippen LogP contribution in [-0.2, 0) is 22.4 Å². The number of nitrogens with one attached hydrogen (secondary N) is 2. The van der Waals surface area contributed by atoms with E-state index in [1.807, 2.05) is 41.3 Å². The molecule has 2 aliphatic heterocycles. The number of amides is 2. The Hall–Kier alpha value is -3.30. The highest BCUT2D eigenvalue weighted by atomic mass is 35.5. The first kappa shape index (κ1) is 33.1. The fourth-order valence-electron chi connectivity index (χ4n) is 6.63. The van der Waals surface area contributed by atoms with Crippen LogP contribution in [0, 0.1) is 5.82 Å². The number of carbonyl (C=O) groups excluding carboxylic acids is 2. The summed E-state index contributed by atoms with van der Waals surface area (Å²) >= 11 is 6.13. The molecular weight excluding hydrogens is 589 g/mol. The Labute approximate surface area is 271 Å². The van der Waals surface area contributed by atoms with Crippen LogP contribution in [0.5, 0.6) is 0 Å². The lowest BCUT2D eigenvalue weighted by Crippen LogP contribution is -2.56. The van der Waals surface area contributed by atoms with Crippen molar-refractivity contribution in [3.05, 3.63) is 106 Å². The van der Waals surface area contributed by atoms with E-state index in [9.17, 15) is 9.59 Å². The van der Waals surface area contributed by atoms with Crippen LogP contribution in [0.4, 0.5) is 4.39 Å². The number of hydrogen-bond acceptors (Lipinski definition) is 5. The van der Waals surface area contributed by atoms with Gasteiger partial charge in [-0.15, -0.1) is 0 Å². The van der Waals surface area contributed by atoms with Gasteiger partial charge < -0.3 is 20.4 Å². The summed E-state index contributed by atoms with van der Waals surface area (Å²) in [4.78, 5) is 34.0. The Balaban J connectivity index is 1.28. The SMILES string of the molecule is CCN(CC)CC(c1ccccc1F)N1CCN(C(=O)C(Cc2ccc(Cl)cc2)NC(=O)CC2NCCc3ccccc32)CC1. The van der Waals surface area contributed by atoms with Gasteiger partial charge in [-0.2, -0.15) is 0 Å². The van der Waals surface area contributed by atoms with Gasteiger partial charge in [0.2, 0.25) is 11.8 Å². The summed E-state index contributed by atoms with van der Waals surface area (Å²) in [6, 6.07) is 21.7. The highest BCUT2D eigenvalue weighted by Gasteiger charge is 2.33. The number of carbonyl (C=O) groups is 2. The molecule has 2 aliphatic rings. The van der Waals surface area contributed by atoms with Gasteiger partial charge in [-0.1, -0.05) is 80.0 Å². The average Bonchev–Trinajstić information content (AvgIpc) is 3.06. The third-order valence-corrected chi connectivity index (χ3v) is 9.50. The molecule has 9 heteroatoms. The molecule has 5 rings (SSSR count). The van der Waals surface area contributed by atoms with Crippen molar-refractivity contribution in [1.82, 2.24) is 25.3 Å². The van der Waals surface area contributed by atoms with Crippen LogP contribution in [0.25, 0.3) is 0 Å². The molecule has 3 unspecified atom stereocenters. The van der Waals surface area contributed by atoms with Crippen molar-refractivity contribution in [3.63, 3.8) is 0 Å². The first-order valence-electron chi connectivity index (χ1n) is 16.2. The van der Waals surface area contributed by atoms with Crippen LogP contribution in [-0.4, -0.2) is 84.9 Å². The fraction of sp³-hybridized carbons (Fsp3) is 0.444. The van der Waals surface area contributed by atoms with E-state index in [4.69, 9.17) is 11.6 Å². The van der Waals surface area contributed by atoms with Gasteiger partial charge in [0.25, 0.3) is 0 Å². The lowest BCUT2D eigenvalue weighted by atomic mass is 9.92. The highest BCUT2D eigenvalue weighted by Crippen LogP contribution is 2.27. The van der Waals surface area contributed by atoms with Crippen molar-refractivity contribution >= 4 is 23.4 Å². The topological polar surface area (TPSA) is 67.9 Å². The molecule has 3 aromatic carbocycles. The number of likely N-dealkylation sites (N-methyl/N-ethyl adjacent to an activating group) is 1. The monoisotopic (exact) mass is 633 g/mol. The Morgan fingerprint density at radius 1 is 0.978 bits per heavy atom. The zero-order chi connectivity index (χ0) is 31.8. The molecule has 7 nitrogen and oxygen atoms in total. The van der Waals surface area contributed by atoms with E-state index in [0.717, 1.165) is 43.7 Å². The van der Waals surface area contributed by atoms with Crippen LogP contribution in [0.1, 0.15) is 54.6 Å².